The Labute approximate surface area is 104 Å². The molecule has 3 aromatic rings. The van der Waals surface area contributed by atoms with Crippen molar-refractivity contribution < 1.29 is 0 Å². The molecular weight excluding hydrogens is 228 g/mol. The lowest BCUT2D eigenvalue weighted by atomic mass is 10.3. The molecule has 6 heteroatoms. The maximum atomic E-state index is 4.27. The van der Waals surface area contributed by atoms with E-state index in [1.165, 1.54) is 0 Å². The van der Waals surface area contributed by atoms with E-state index in [1.807, 2.05) is 30.8 Å². The highest BCUT2D eigenvalue weighted by Gasteiger charge is 2.06. The molecule has 0 aliphatic heterocycles. The van der Waals surface area contributed by atoms with Crippen molar-refractivity contribution in [3.05, 3.63) is 36.3 Å². The normalized spacial score (nSPS) is 11.0. The van der Waals surface area contributed by atoms with E-state index < -0.39 is 0 Å². The molecular formula is C12H14N6. The molecule has 0 aliphatic carbocycles. The van der Waals surface area contributed by atoms with Crippen LogP contribution in [0.25, 0.3) is 11.0 Å². The summed E-state index contributed by atoms with van der Waals surface area (Å²) in [5.74, 6) is 1.79. The number of aromatic nitrogens is 5. The van der Waals surface area contributed by atoms with Gasteiger partial charge in [0, 0.05) is 25.1 Å². The van der Waals surface area contributed by atoms with E-state index in [4.69, 9.17) is 0 Å². The Morgan fingerprint density at radius 2 is 2.22 bits per heavy atom. The molecule has 0 atom stereocenters. The Morgan fingerprint density at radius 1 is 1.33 bits per heavy atom. The summed E-state index contributed by atoms with van der Waals surface area (Å²) in [5, 5.41) is 4.29. The molecule has 18 heavy (non-hydrogen) atoms. The van der Waals surface area contributed by atoms with Gasteiger partial charge in [0.25, 0.3) is 0 Å². The molecule has 3 heterocycles. The number of H-pyrrole nitrogens is 1. The zero-order chi connectivity index (χ0) is 12.5. The predicted molar refractivity (Wildman–Crippen MR) is 69.2 cm³/mol. The molecule has 0 fully saturated rings. The van der Waals surface area contributed by atoms with Gasteiger partial charge in [-0.3, -0.25) is 0 Å². The lowest BCUT2D eigenvalue weighted by Crippen LogP contribution is -2.07. The average molecular weight is 242 g/mol. The molecule has 0 aromatic carbocycles. The number of nitrogens with zero attached hydrogens (tertiary/aromatic N) is 4. The van der Waals surface area contributed by atoms with Crippen molar-refractivity contribution in [2.24, 2.45) is 7.05 Å². The molecule has 3 aromatic heterocycles. The molecule has 0 radical (unpaired) electrons. The fraction of sp³-hybridized carbons (Fsp3) is 0.250. The Morgan fingerprint density at radius 3 is 3.00 bits per heavy atom. The van der Waals surface area contributed by atoms with Crippen LogP contribution in [0.3, 0.4) is 0 Å². The van der Waals surface area contributed by atoms with E-state index >= 15 is 0 Å². The van der Waals surface area contributed by atoms with Crippen molar-refractivity contribution in [3.8, 4) is 0 Å². The minimum Gasteiger partial charge on any atom is -0.362 e. The highest BCUT2D eigenvalue weighted by molar-refractivity contribution is 5.87. The Hall–Kier alpha value is -2.37. The summed E-state index contributed by atoms with van der Waals surface area (Å²) in [6.45, 7) is 2.64. The Balaban J connectivity index is 1.88. The van der Waals surface area contributed by atoms with Crippen LogP contribution in [0.5, 0.6) is 0 Å². The average Bonchev–Trinajstić information content (AvgIpc) is 2.91. The fourth-order valence-electron chi connectivity index (χ4n) is 1.94. The van der Waals surface area contributed by atoms with Crippen molar-refractivity contribution in [2.45, 2.75) is 13.5 Å². The second-order valence-electron chi connectivity index (χ2n) is 4.24. The van der Waals surface area contributed by atoms with Crippen LogP contribution in [0, 0.1) is 6.92 Å². The second-order valence-corrected chi connectivity index (χ2v) is 4.24. The number of aromatic amines is 1. The van der Waals surface area contributed by atoms with Crippen LogP contribution >= 0.6 is 0 Å². The zero-order valence-electron chi connectivity index (χ0n) is 10.3. The molecule has 0 unspecified atom stereocenters. The van der Waals surface area contributed by atoms with Gasteiger partial charge in [-0.2, -0.15) is 0 Å². The molecule has 92 valence electrons. The molecule has 2 N–H and O–H groups in total. The van der Waals surface area contributed by atoms with Gasteiger partial charge in [-0.15, -0.1) is 0 Å². The first-order chi connectivity index (χ1) is 8.74. The van der Waals surface area contributed by atoms with Crippen LogP contribution in [0.2, 0.25) is 0 Å². The Kier molecular flexibility index (Phi) is 2.47. The quantitative estimate of drug-likeness (QED) is 0.732. The molecule has 0 saturated heterocycles. The van der Waals surface area contributed by atoms with Gasteiger partial charge in [0.05, 0.1) is 11.9 Å². The summed E-state index contributed by atoms with van der Waals surface area (Å²) in [6.07, 6.45) is 5.26. The molecule has 0 aliphatic rings. The first-order valence-corrected chi connectivity index (χ1v) is 5.74. The van der Waals surface area contributed by atoms with Gasteiger partial charge >= 0.3 is 0 Å². The van der Waals surface area contributed by atoms with E-state index in [0.717, 1.165) is 28.4 Å². The maximum Gasteiger partial charge on any atom is 0.143 e. The van der Waals surface area contributed by atoms with Crippen LogP contribution in [0.1, 0.15) is 11.5 Å². The first-order valence-electron chi connectivity index (χ1n) is 5.74. The summed E-state index contributed by atoms with van der Waals surface area (Å²) in [7, 11) is 1.97. The number of aryl methyl sites for hydroxylation is 2. The minimum atomic E-state index is 0.639. The van der Waals surface area contributed by atoms with E-state index in [9.17, 15) is 0 Å². The van der Waals surface area contributed by atoms with Crippen LogP contribution in [-0.4, -0.2) is 24.5 Å². The predicted octanol–water partition coefficient (Wildman–Crippen LogP) is 1.61. The first kappa shape index (κ1) is 10.8. The summed E-state index contributed by atoms with van der Waals surface area (Å²) in [4.78, 5) is 15.9. The third-order valence-electron chi connectivity index (χ3n) is 2.90. The highest BCUT2D eigenvalue weighted by Crippen LogP contribution is 2.20. The van der Waals surface area contributed by atoms with Crippen molar-refractivity contribution in [3.63, 3.8) is 0 Å². The monoisotopic (exact) mass is 242 g/mol. The summed E-state index contributed by atoms with van der Waals surface area (Å²) < 4.78 is 1.98. The lowest BCUT2D eigenvalue weighted by Gasteiger charge is -2.06. The third kappa shape index (κ3) is 1.81. The highest BCUT2D eigenvalue weighted by atomic mass is 15.1. The number of fused-ring (bicyclic) bond motifs is 1. The lowest BCUT2D eigenvalue weighted by molar-refractivity contribution is 0.811. The smallest absolute Gasteiger partial charge is 0.143 e. The van der Waals surface area contributed by atoms with Gasteiger partial charge < -0.3 is 14.9 Å². The molecule has 0 amide bonds. The standard InChI is InChI=1S/C12H14N6/c1-8-5-9-11(15-7-16-12(9)17-8)14-6-10-13-3-4-18(10)2/h3-5,7H,6H2,1-2H3,(H2,14,15,16,17). The molecule has 3 rings (SSSR count). The van der Waals surface area contributed by atoms with Crippen molar-refractivity contribution in [1.82, 2.24) is 24.5 Å². The molecule has 0 saturated carbocycles. The van der Waals surface area contributed by atoms with Gasteiger partial charge in [0.1, 0.15) is 23.6 Å². The van der Waals surface area contributed by atoms with Crippen molar-refractivity contribution >= 4 is 16.9 Å². The number of imidazole rings is 1. The summed E-state index contributed by atoms with van der Waals surface area (Å²) in [6, 6.07) is 2.04. The topological polar surface area (TPSA) is 71.4 Å². The van der Waals surface area contributed by atoms with E-state index in [2.05, 4.69) is 25.3 Å². The largest absolute Gasteiger partial charge is 0.362 e. The zero-order valence-corrected chi connectivity index (χ0v) is 10.3. The number of anilines is 1. The second kappa shape index (κ2) is 4.14. The van der Waals surface area contributed by atoms with Crippen molar-refractivity contribution in [2.75, 3.05) is 5.32 Å². The van der Waals surface area contributed by atoms with Crippen LogP contribution < -0.4 is 5.32 Å². The van der Waals surface area contributed by atoms with Crippen LogP contribution in [0.15, 0.2) is 24.8 Å². The fourth-order valence-corrected chi connectivity index (χ4v) is 1.94. The molecule has 0 spiro atoms. The van der Waals surface area contributed by atoms with Gasteiger partial charge in [-0.1, -0.05) is 0 Å². The SMILES string of the molecule is Cc1cc2c(NCc3nccn3C)ncnc2[nH]1. The summed E-state index contributed by atoms with van der Waals surface area (Å²) in [5.41, 5.74) is 1.93. The van der Waals surface area contributed by atoms with Gasteiger partial charge in [0.15, 0.2) is 0 Å². The van der Waals surface area contributed by atoms with E-state index in [1.54, 1.807) is 12.5 Å². The van der Waals surface area contributed by atoms with Crippen molar-refractivity contribution in [1.29, 1.82) is 0 Å². The van der Waals surface area contributed by atoms with Gasteiger partial charge in [-0.25, -0.2) is 15.0 Å². The third-order valence-corrected chi connectivity index (χ3v) is 2.90. The summed E-state index contributed by atoms with van der Waals surface area (Å²) >= 11 is 0. The van der Waals surface area contributed by atoms with E-state index in [-0.39, 0.29) is 0 Å². The van der Waals surface area contributed by atoms with Crippen LogP contribution in [0.4, 0.5) is 5.82 Å². The van der Waals surface area contributed by atoms with E-state index in [0.29, 0.717) is 6.54 Å². The van der Waals surface area contributed by atoms with Gasteiger partial charge in [-0.05, 0) is 13.0 Å². The number of rotatable bonds is 3. The number of nitrogens with one attached hydrogen (secondary N) is 2. The molecule has 0 bridgehead atoms. The van der Waals surface area contributed by atoms with Gasteiger partial charge in [0.2, 0.25) is 0 Å². The van der Waals surface area contributed by atoms with Crippen LogP contribution in [-0.2, 0) is 13.6 Å². The minimum absolute atomic E-state index is 0.639. The number of hydrogen-bond donors (Lipinski definition) is 2. The maximum absolute atomic E-state index is 4.27. The molecule has 6 nitrogen and oxygen atoms in total. The number of hydrogen-bond acceptors (Lipinski definition) is 4. The Bertz CT molecular complexity index is 681.